The van der Waals surface area contributed by atoms with E-state index in [9.17, 15) is 4.79 Å². The molecule has 1 atom stereocenters. The summed E-state index contributed by atoms with van der Waals surface area (Å²) >= 11 is 0. The SMILES string of the molecule is O=C(Nc1ccc(N2CCNCC2)cn1)[C@@H]1CCCO1. The van der Waals surface area contributed by atoms with E-state index >= 15 is 0 Å². The first-order chi connectivity index (χ1) is 9.83. The van der Waals surface area contributed by atoms with Crippen LogP contribution in [-0.4, -0.2) is 49.8 Å². The number of carbonyl (C=O) groups is 1. The smallest absolute Gasteiger partial charge is 0.254 e. The molecule has 2 aliphatic heterocycles. The molecule has 2 saturated heterocycles. The van der Waals surface area contributed by atoms with Crippen LogP contribution < -0.4 is 15.5 Å². The highest BCUT2D eigenvalue weighted by Crippen LogP contribution is 2.17. The number of nitrogens with zero attached hydrogens (tertiary/aromatic N) is 2. The zero-order valence-corrected chi connectivity index (χ0v) is 11.5. The molecule has 2 aliphatic rings. The van der Waals surface area contributed by atoms with E-state index in [1.165, 1.54) is 0 Å². The Morgan fingerprint density at radius 1 is 1.40 bits per heavy atom. The van der Waals surface area contributed by atoms with Crippen LogP contribution in [0.5, 0.6) is 0 Å². The third-order valence-electron chi connectivity index (χ3n) is 3.70. The lowest BCUT2D eigenvalue weighted by Crippen LogP contribution is -2.43. The molecule has 3 rings (SSSR count). The van der Waals surface area contributed by atoms with Crippen LogP contribution in [0, 0.1) is 0 Å². The summed E-state index contributed by atoms with van der Waals surface area (Å²) in [5.41, 5.74) is 1.10. The monoisotopic (exact) mass is 276 g/mol. The fraction of sp³-hybridized carbons (Fsp3) is 0.571. The molecule has 6 heteroatoms. The Bertz CT molecular complexity index is 451. The molecule has 6 nitrogen and oxygen atoms in total. The lowest BCUT2D eigenvalue weighted by atomic mass is 10.2. The molecule has 0 radical (unpaired) electrons. The average Bonchev–Trinajstić information content (AvgIpc) is 3.03. The molecule has 0 bridgehead atoms. The van der Waals surface area contributed by atoms with E-state index in [0.717, 1.165) is 44.7 Å². The Kier molecular flexibility index (Phi) is 4.13. The number of hydrogen-bond acceptors (Lipinski definition) is 5. The molecule has 1 amide bonds. The van der Waals surface area contributed by atoms with Crippen LogP contribution >= 0.6 is 0 Å². The molecule has 0 aliphatic carbocycles. The molecule has 20 heavy (non-hydrogen) atoms. The first-order valence-electron chi connectivity index (χ1n) is 7.17. The normalized spacial score (nSPS) is 22.8. The Morgan fingerprint density at radius 2 is 2.25 bits per heavy atom. The predicted octanol–water partition coefficient (Wildman–Crippen LogP) is 0.609. The van der Waals surface area contributed by atoms with Crippen molar-refractivity contribution >= 4 is 17.4 Å². The van der Waals surface area contributed by atoms with Crippen molar-refractivity contribution in [3.63, 3.8) is 0 Å². The second kappa shape index (κ2) is 6.19. The average molecular weight is 276 g/mol. The molecule has 2 N–H and O–H groups in total. The van der Waals surface area contributed by atoms with E-state index in [1.54, 1.807) is 0 Å². The first kappa shape index (κ1) is 13.3. The Balaban J connectivity index is 1.59. The lowest BCUT2D eigenvalue weighted by Gasteiger charge is -2.29. The largest absolute Gasteiger partial charge is 0.368 e. The minimum absolute atomic E-state index is 0.0927. The van der Waals surface area contributed by atoms with Crippen LogP contribution in [0.4, 0.5) is 11.5 Å². The van der Waals surface area contributed by atoms with Gasteiger partial charge in [0.2, 0.25) is 0 Å². The molecule has 0 spiro atoms. The van der Waals surface area contributed by atoms with Crippen LogP contribution in [-0.2, 0) is 9.53 Å². The van der Waals surface area contributed by atoms with Gasteiger partial charge in [0.1, 0.15) is 11.9 Å². The fourth-order valence-corrected chi connectivity index (χ4v) is 2.56. The fourth-order valence-electron chi connectivity index (χ4n) is 2.56. The van der Waals surface area contributed by atoms with Crippen LogP contribution in [0.25, 0.3) is 0 Å². The Labute approximate surface area is 118 Å². The number of pyridine rings is 1. The van der Waals surface area contributed by atoms with E-state index < -0.39 is 0 Å². The van der Waals surface area contributed by atoms with Crippen molar-refractivity contribution < 1.29 is 9.53 Å². The maximum Gasteiger partial charge on any atom is 0.254 e. The van der Waals surface area contributed by atoms with Crippen molar-refractivity contribution in [2.24, 2.45) is 0 Å². The number of rotatable bonds is 3. The molecule has 0 saturated carbocycles. The molecule has 1 aromatic heterocycles. The number of amides is 1. The van der Waals surface area contributed by atoms with Crippen LogP contribution in [0.15, 0.2) is 18.3 Å². The van der Waals surface area contributed by atoms with Gasteiger partial charge in [-0.1, -0.05) is 0 Å². The van der Waals surface area contributed by atoms with E-state index in [1.807, 2.05) is 18.3 Å². The highest BCUT2D eigenvalue weighted by atomic mass is 16.5. The summed E-state index contributed by atoms with van der Waals surface area (Å²) in [6.45, 7) is 4.65. The van der Waals surface area contributed by atoms with Gasteiger partial charge in [0.25, 0.3) is 5.91 Å². The number of nitrogens with one attached hydrogen (secondary N) is 2. The van der Waals surface area contributed by atoms with Gasteiger partial charge in [-0.15, -0.1) is 0 Å². The van der Waals surface area contributed by atoms with Crippen LogP contribution in [0.3, 0.4) is 0 Å². The molecule has 108 valence electrons. The first-order valence-corrected chi connectivity index (χ1v) is 7.17. The second-order valence-electron chi connectivity index (χ2n) is 5.13. The molecule has 2 fully saturated rings. The zero-order chi connectivity index (χ0) is 13.8. The third kappa shape index (κ3) is 3.08. The van der Waals surface area contributed by atoms with Crippen molar-refractivity contribution in [2.75, 3.05) is 43.0 Å². The van der Waals surface area contributed by atoms with Gasteiger partial charge < -0.3 is 20.3 Å². The zero-order valence-electron chi connectivity index (χ0n) is 11.5. The van der Waals surface area contributed by atoms with E-state index in [4.69, 9.17) is 4.74 Å². The number of anilines is 2. The number of piperazine rings is 1. The van der Waals surface area contributed by atoms with Crippen molar-refractivity contribution in [3.05, 3.63) is 18.3 Å². The molecule has 1 aromatic rings. The summed E-state index contributed by atoms with van der Waals surface area (Å²) in [4.78, 5) is 18.5. The Hall–Kier alpha value is -1.66. The van der Waals surface area contributed by atoms with E-state index in [2.05, 4.69) is 20.5 Å². The third-order valence-corrected chi connectivity index (χ3v) is 3.70. The summed E-state index contributed by atoms with van der Waals surface area (Å²) in [6, 6.07) is 3.85. The highest BCUT2D eigenvalue weighted by molar-refractivity contribution is 5.93. The quantitative estimate of drug-likeness (QED) is 0.846. The van der Waals surface area contributed by atoms with Crippen LogP contribution in [0.2, 0.25) is 0 Å². The highest BCUT2D eigenvalue weighted by Gasteiger charge is 2.23. The Morgan fingerprint density at radius 3 is 2.90 bits per heavy atom. The maximum absolute atomic E-state index is 11.9. The summed E-state index contributed by atoms with van der Waals surface area (Å²) in [7, 11) is 0. The van der Waals surface area contributed by atoms with Gasteiger partial charge in [0, 0.05) is 32.8 Å². The minimum Gasteiger partial charge on any atom is -0.368 e. The summed E-state index contributed by atoms with van der Waals surface area (Å²) in [5, 5.41) is 6.13. The van der Waals surface area contributed by atoms with Gasteiger partial charge >= 0.3 is 0 Å². The van der Waals surface area contributed by atoms with E-state index in [-0.39, 0.29) is 12.0 Å². The molecule has 0 unspecified atom stereocenters. The van der Waals surface area contributed by atoms with Crippen molar-refractivity contribution in [3.8, 4) is 0 Å². The van der Waals surface area contributed by atoms with Gasteiger partial charge in [0.15, 0.2) is 0 Å². The summed E-state index contributed by atoms with van der Waals surface area (Å²) in [5.74, 6) is 0.495. The number of aromatic nitrogens is 1. The summed E-state index contributed by atoms with van der Waals surface area (Å²) in [6.07, 6.45) is 3.25. The van der Waals surface area contributed by atoms with Gasteiger partial charge in [-0.3, -0.25) is 4.79 Å². The van der Waals surface area contributed by atoms with Crippen molar-refractivity contribution in [1.82, 2.24) is 10.3 Å². The second-order valence-corrected chi connectivity index (χ2v) is 5.13. The van der Waals surface area contributed by atoms with Crippen LogP contribution in [0.1, 0.15) is 12.8 Å². The number of carbonyl (C=O) groups excluding carboxylic acids is 1. The van der Waals surface area contributed by atoms with Crippen molar-refractivity contribution in [2.45, 2.75) is 18.9 Å². The topological polar surface area (TPSA) is 66.5 Å². The van der Waals surface area contributed by atoms with Gasteiger partial charge in [0.05, 0.1) is 11.9 Å². The predicted molar refractivity (Wildman–Crippen MR) is 76.9 cm³/mol. The molecule has 3 heterocycles. The number of hydrogen-bond donors (Lipinski definition) is 2. The molecular weight excluding hydrogens is 256 g/mol. The maximum atomic E-state index is 11.9. The lowest BCUT2D eigenvalue weighted by molar-refractivity contribution is -0.124. The van der Waals surface area contributed by atoms with Crippen molar-refractivity contribution in [1.29, 1.82) is 0 Å². The summed E-state index contributed by atoms with van der Waals surface area (Å²) < 4.78 is 5.35. The van der Waals surface area contributed by atoms with Gasteiger partial charge in [-0.2, -0.15) is 0 Å². The standard InChI is InChI=1S/C14H20N4O2/c19-14(12-2-1-9-20-12)17-13-4-3-11(10-16-13)18-7-5-15-6-8-18/h3-4,10,12,15H,1-2,5-9H2,(H,16,17,19)/t12-/m0/s1. The molecule has 0 aromatic carbocycles. The minimum atomic E-state index is -0.315. The van der Waals surface area contributed by atoms with Gasteiger partial charge in [-0.05, 0) is 25.0 Å². The molecular formula is C14H20N4O2. The van der Waals surface area contributed by atoms with Gasteiger partial charge in [-0.25, -0.2) is 4.98 Å². The van der Waals surface area contributed by atoms with E-state index in [0.29, 0.717) is 12.4 Å². The number of ether oxygens (including phenoxy) is 1.